The van der Waals surface area contributed by atoms with Crippen molar-refractivity contribution in [3.05, 3.63) is 51.4 Å². The van der Waals surface area contributed by atoms with Gasteiger partial charge in [-0.2, -0.15) is 0 Å². The quantitative estimate of drug-likeness (QED) is 0.633. The van der Waals surface area contributed by atoms with Crippen molar-refractivity contribution in [1.82, 2.24) is 14.9 Å². The first-order valence-electron chi connectivity index (χ1n) is 11.2. The first-order chi connectivity index (χ1) is 14.9. The molecule has 31 heavy (non-hydrogen) atoms. The summed E-state index contributed by atoms with van der Waals surface area (Å²) in [6.07, 6.45) is 6.71. The monoisotopic (exact) mass is 435 g/mol. The summed E-state index contributed by atoms with van der Waals surface area (Å²) in [5.41, 5.74) is 4.17. The van der Waals surface area contributed by atoms with Crippen LogP contribution in [0.5, 0.6) is 0 Å². The molecule has 162 valence electrons. The number of carbonyl (C=O) groups is 1. The van der Waals surface area contributed by atoms with Crippen LogP contribution < -0.4 is 10.9 Å². The second kappa shape index (κ2) is 7.90. The molecule has 1 N–H and O–H groups in total. The number of aryl methyl sites for hydroxylation is 2. The van der Waals surface area contributed by atoms with Crippen molar-refractivity contribution in [3.63, 3.8) is 0 Å². The van der Waals surface area contributed by atoms with Crippen LogP contribution in [0, 0.1) is 31.6 Å². The lowest BCUT2D eigenvalue weighted by atomic mass is 9.84. The average Bonchev–Trinajstić information content (AvgIpc) is 3.47. The number of fused-ring (bicyclic) bond motifs is 3. The second-order valence-corrected chi connectivity index (χ2v) is 10.4. The van der Waals surface area contributed by atoms with Crippen molar-refractivity contribution >= 4 is 27.5 Å². The number of carbonyl (C=O) groups excluding carboxylic acids is 1. The predicted molar refractivity (Wildman–Crippen MR) is 125 cm³/mol. The Morgan fingerprint density at radius 1 is 1.26 bits per heavy atom. The highest BCUT2D eigenvalue weighted by Gasteiger charge is 2.42. The fourth-order valence-corrected chi connectivity index (χ4v) is 6.58. The first-order valence-corrected chi connectivity index (χ1v) is 12.1. The van der Waals surface area contributed by atoms with Crippen molar-refractivity contribution in [1.29, 1.82) is 0 Å². The molecule has 1 amide bonds. The standard InChI is InChI=1S/C25H29N3O2S/c1-14-4-6-18(8-15(14)2)21-12-31-24-23(21)25(30)28(13-26-24)11-22(29)27-16(3)20-10-17-5-7-19(20)9-17/h4,6,8,12-13,16-17,19-20H,5,7,9-11H2,1-3H3,(H,27,29). The van der Waals surface area contributed by atoms with Gasteiger partial charge >= 0.3 is 0 Å². The van der Waals surface area contributed by atoms with Gasteiger partial charge in [-0.05, 0) is 74.5 Å². The van der Waals surface area contributed by atoms with Crippen LogP contribution in [0.15, 0.2) is 34.7 Å². The highest BCUT2D eigenvalue weighted by molar-refractivity contribution is 7.17. The Hall–Kier alpha value is -2.47. The molecule has 2 heterocycles. The Morgan fingerprint density at radius 2 is 2.10 bits per heavy atom. The summed E-state index contributed by atoms with van der Waals surface area (Å²) in [6.45, 7) is 6.28. The van der Waals surface area contributed by atoms with Gasteiger partial charge in [-0.1, -0.05) is 24.6 Å². The van der Waals surface area contributed by atoms with Crippen LogP contribution >= 0.6 is 11.3 Å². The van der Waals surface area contributed by atoms with Crippen LogP contribution in [0.1, 0.15) is 43.7 Å². The van der Waals surface area contributed by atoms with E-state index < -0.39 is 0 Å². The Kier molecular flexibility index (Phi) is 5.21. The zero-order valence-corrected chi connectivity index (χ0v) is 19.2. The van der Waals surface area contributed by atoms with Crippen molar-refractivity contribution in [2.45, 2.75) is 59.0 Å². The number of rotatable bonds is 5. The number of hydrogen-bond donors (Lipinski definition) is 1. The third-order valence-corrected chi connectivity index (χ3v) is 8.40. The smallest absolute Gasteiger partial charge is 0.263 e. The third-order valence-electron chi connectivity index (χ3n) is 7.52. The van der Waals surface area contributed by atoms with E-state index in [9.17, 15) is 9.59 Å². The van der Waals surface area contributed by atoms with Crippen molar-refractivity contribution < 1.29 is 4.79 Å². The van der Waals surface area contributed by atoms with Crippen LogP contribution in [0.4, 0.5) is 0 Å². The lowest BCUT2D eigenvalue weighted by Crippen LogP contribution is -2.42. The van der Waals surface area contributed by atoms with Gasteiger partial charge in [0, 0.05) is 17.0 Å². The molecule has 5 nitrogen and oxygen atoms in total. The van der Waals surface area contributed by atoms with Crippen LogP contribution in [0.25, 0.3) is 21.3 Å². The van der Waals surface area contributed by atoms with Crippen molar-refractivity contribution in [3.8, 4) is 11.1 Å². The Morgan fingerprint density at radius 3 is 2.81 bits per heavy atom. The number of benzene rings is 1. The summed E-state index contributed by atoms with van der Waals surface area (Å²) >= 11 is 1.47. The molecule has 6 heteroatoms. The second-order valence-electron chi connectivity index (χ2n) is 9.50. The van der Waals surface area contributed by atoms with Crippen LogP contribution in [0.3, 0.4) is 0 Å². The molecule has 0 radical (unpaired) electrons. The first kappa shape index (κ1) is 20.4. The van der Waals surface area contributed by atoms with E-state index in [0.29, 0.717) is 16.1 Å². The molecule has 2 aromatic heterocycles. The van der Waals surface area contributed by atoms with E-state index in [1.165, 1.54) is 59.0 Å². The van der Waals surface area contributed by atoms with Gasteiger partial charge in [0.25, 0.3) is 5.56 Å². The Balaban J connectivity index is 1.37. The maximum Gasteiger partial charge on any atom is 0.263 e. The molecule has 3 aromatic rings. The highest BCUT2D eigenvalue weighted by Crippen LogP contribution is 2.49. The molecule has 2 saturated carbocycles. The summed E-state index contributed by atoms with van der Waals surface area (Å²) < 4.78 is 1.45. The molecule has 1 aromatic carbocycles. The van der Waals surface area contributed by atoms with Gasteiger partial charge in [0.15, 0.2) is 0 Å². The summed E-state index contributed by atoms with van der Waals surface area (Å²) in [5.74, 6) is 2.08. The maximum absolute atomic E-state index is 13.3. The SMILES string of the molecule is Cc1ccc(-c2csc3ncn(CC(=O)NC(C)C4CC5CCC4C5)c(=O)c23)cc1C. The van der Waals surface area contributed by atoms with Crippen LogP contribution in [0.2, 0.25) is 0 Å². The lowest BCUT2D eigenvalue weighted by molar-refractivity contribution is -0.122. The molecular weight excluding hydrogens is 406 g/mol. The number of nitrogens with zero attached hydrogens (tertiary/aromatic N) is 2. The molecule has 0 aliphatic heterocycles. The molecule has 0 saturated heterocycles. The van der Waals surface area contributed by atoms with Crippen molar-refractivity contribution in [2.75, 3.05) is 0 Å². The minimum absolute atomic E-state index is 0.00907. The van der Waals surface area contributed by atoms with Gasteiger partial charge in [0.05, 0.1) is 11.7 Å². The molecule has 5 rings (SSSR count). The fraction of sp³-hybridized carbons (Fsp3) is 0.480. The summed E-state index contributed by atoms with van der Waals surface area (Å²) in [5, 5.41) is 5.75. The van der Waals surface area contributed by atoms with Gasteiger partial charge in [-0.3, -0.25) is 14.2 Å². The average molecular weight is 436 g/mol. The number of aromatic nitrogens is 2. The molecule has 2 bridgehead atoms. The van der Waals surface area contributed by atoms with E-state index in [1.54, 1.807) is 0 Å². The molecule has 0 spiro atoms. The zero-order valence-electron chi connectivity index (χ0n) is 18.4. The maximum atomic E-state index is 13.3. The van der Waals surface area contributed by atoms with Gasteiger partial charge in [0.1, 0.15) is 11.4 Å². The minimum Gasteiger partial charge on any atom is -0.352 e. The molecule has 2 fully saturated rings. The van der Waals surface area contributed by atoms with E-state index in [2.05, 4.69) is 43.2 Å². The molecule has 4 unspecified atom stereocenters. The third kappa shape index (κ3) is 3.71. The summed E-state index contributed by atoms with van der Waals surface area (Å²) in [7, 11) is 0. The van der Waals surface area contributed by atoms with Gasteiger partial charge in [-0.25, -0.2) is 4.98 Å². The summed E-state index contributed by atoms with van der Waals surface area (Å²) in [6, 6.07) is 6.39. The predicted octanol–water partition coefficient (Wildman–Crippen LogP) is 4.68. The highest BCUT2D eigenvalue weighted by atomic mass is 32.1. The summed E-state index contributed by atoms with van der Waals surface area (Å²) in [4.78, 5) is 31.2. The van der Waals surface area contributed by atoms with E-state index in [0.717, 1.165) is 23.0 Å². The number of thiophene rings is 1. The zero-order chi connectivity index (χ0) is 21.7. The van der Waals surface area contributed by atoms with Crippen molar-refractivity contribution in [2.24, 2.45) is 17.8 Å². The van der Waals surface area contributed by atoms with E-state index in [1.807, 2.05) is 11.4 Å². The number of nitrogens with one attached hydrogen (secondary N) is 1. The number of amides is 1. The van der Waals surface area contributed by atoms with Crippen LogP contribution in [-0.2, 0) is 11.3 Å². The molecular formula is C25H29N3O2S. The molecule has 2 aliphatic rings. The number of hydrogen-bond acceptors (Lipinski definition) is 4. The minimum atomic E-state index is -0.151. The van der Waals surface area contributed by atoms with Crippen LogP contribution in [-0.4, -0.2) is 21.5 Å². The largest absolute Gasteiger partial charge is 0.352 e. The van der Waals surface area contributed by atoms with Gasteiger partial charge < -0.3 is 5.32 Å². The normalized spacial score (nSPS) is 23.4. The fourth-order valence-electron chi connectivity index (χ4n) is 5.67. The molecule has 4 atom stereocenters. The topological polar surface area (TPSA) is 64.0 Å². The van der Waals surface area contributed by atoms with Gasteiger partial charge in [0.2, 0.25) is 5.91 Å². The lowest BCUT2D eigenvalue weighted by Gasteiger charge is -2.28. The van der Waals surface area contributed by atoms with E-state index in [4.69, 9.17) is 0 Å². The van der Waals surface area contributed by atoms with E-state index >= 15 is 0 Å². The van der Waals surface area contributed by atoms with Gasteiger partial charge in [-0.15, -0.1) is 11.3 Å². The Bertz CT molecular complexity index is 1210. The Labute approximate surface area is 186 Å². The molecule has 2 aliphatic carbocycles. The van der Waals surface area contributed by atoms with E-state index in [-0.39, 0.29) is 24.1 Å².